The SMILES string of the molecule is [2H]CCCCCCCCCC(=O)OC[C@H]1OC(OCC)[C@H](O)[C@@H](O)[C@@H]1O. The van der Waals surface area contributed by atoms with Crippen LogP contribution in [0.3, 0.4) is 0 Å². The summed E-state index contributed by atoms with van der Waals surface area (Å²) in [6, 6.07) is 0. The van der Waals surface area contributed by atoms with Crippen LogP contribution >= 0.6 is 0 Å². The minimum absolute atomic E-state index is 0.194. The zero-order valence-corrected chi connectivity index (χ0v) is 15.1. The molecule has 0 aliphatic carbocycles. The zero-order valence-electron chi connectivity index (χ0n) is 16.1. The summed E-state index contributed by atoms with van der Waals surface area (Å²) in [6.07, 6.45) is 1.26. The fraction of sp³-hybridized carbons (Fsp3) is 0.944. The minimum atomic E-state index is -1.42. The summed E-state index contributed by atoms with van der Waals surface area (Å²) in [5.41, 5.74) is 0. The largest absolute Gasteiger partial charge is 0.463 e. The van der Waals surface area contributed by atoms with Gasteiger partial charge in [0, 0.05) is 14.4 Å². The van der Waals surface area contributed by atoms with Gasteiger partial charge in [0.05, 0.1) is 0 Å². The smallest absolute Gasteiger partial charge is 0.305 e. The molecule has 25 heavy (non-hydrogen) atoms. The average molecular weight is 363 g/mol. The summed E-state index contributed by atoms with van der Waals surface area (Å²) in [7, 11) is 0. The second kappa shape index (κ2) is 12.6. The highest BCUT2D eigenvalue weighted by atomic mass is 16.7. The van der Waals surface area contributed by atoms with Gasteiger partial charge in [0.1, 0.15) is 31.0 Å². The summed E-state index contributed by atoms with van der Waals surface area (Å²) in [4.78, 5) is 11.8. The van der Waals surface area contributed by atoms with Crippen LogP contribution in [0.4, 0.5) is 0 Å². The summed E-state index contributed by atoms with van der Waals surface area (Å²) in [5, 5.41) is 29.6. The van der Waals surface area contributed by atoms with Gasteiger partial charge in [-0.1, -0.05) is 45.4 Å². The third kappa shape index (κ3) is 8.00. The predicted molar refractivity (Wildman–Crippen MR) is 91.9 cm³/mol. The van der Waals surface area contributed by atoms with Gasteiger partial charge < -0.3 is 29.5 Å². The summed E-state index contributed by atoms with van der Waals surface area (Å²) in [5.74, 6) is -0.372. The van der Waals surface area contributed by atoms with E-state index in [9.17, 15) is 20.1 Å². The molecule has 1 saturated heterocycles. The van der Waals surface area contributed by atoms with Crippen LogP contribution in [0.15, 0.2) is 0 Å². The number of ether oxygens (including phenoxy) is 3. The van der Waals surface area contributed by atoms with Crippen LogP contribution in [0.1, 0.15) is 66.6 Å². The van der Waals surface area contributed by atoms with Crippen LogP contribution in [0.5, 0.6) is 0 Å². The number of aliphatic hydroxyl groups is 3. The second-order valence-electron chi connectivity index (χ2n) is 6.38. The summed E-state index contributed by atoms with van der Waals surface area (Å²) in [6.45, 7) is 2.30. The van der Waals surface area contributed by atoms with Crippen molar-refractivity contribution in [3.8, 4) is 0 Å². The molecule has 0 saturated carbocycles. The van der Waals surface area contributed by atoms with Gasteiger partial charge >= 0.3 is 5.97 Å². The first-order valence-electron chi connectivity index (χ1n) is 9.98. The monoisotopic (exact) mass is 363 g/mol. The molecular formula is C18H34O7. The van der Waals surface area contributed by atoms with Gasteiger partial charge in [-0.15, -0.1) is 0 Å². The fourth-order valence-electron chi connectivity index (χ4n) is 2.76. The van der Waals surface area contributed by atoms with Gasteiger partial charge in [-0.2, -0.15) is 0 Å². The Bertz CT molecular complexity index is 383. The number of aliphatic hydroxyl groups excluding tert-OH is 3. The first-order valence-corrected chi connectivity index (χ1v) is 9.27. The van der Waals surface area contributed by atoms with Crippen LogP contribution < -0.4 is 0 Å². The third-order valence-corrected chi connectivity index (χ3v) is 4.29. The molecule has 0 amide bonds. The molecule has 0 aromatic rings. The van der Waals surface area contributed by atoms with Crippen molar-refractivity contribution in [3.05, 3.63) is 0 Å². The Hall–Kier alpha value is -0.730. The van der Waals surface area contributed by atoms with Gasteiger partial charge in [-0.3, -0.25) is 4.79 Å². The molecule has 0 radical (unpaired) electrons. The van der Waals surface area contributed by atoms with Crippen LogP contribution in [-0.4, -0.2) is 65.2 Å². The van der Waals surface area contributed by atoms with E-state index in [1.165, 1.54) is 0 Å². The lowest BCUT2D eigenvalue weighted by atomic mass is 9.99. The Labute approximate surface area is 151 Å². The van der Waals surface area contributed by atoms with Crippen molar-refractivity contribution in [2.24, 2.45) is 0 Å². The van der Waals surface area contributed by atoms with Gasteiger partial charge in [0.25, 0.3) is 0 Å². The van der Waals surface area contributed by atoms with Crippen molar-refractivity contribution < 1.29 is 35.7 Å². The molecule has 5 atom stereocenters. The molecule has 0 aromatic carbocycles. The van der Waals surface area contributed by atoms with Crippen LogP contribution in [0, 0.1) is 0 Å². The molecule has 1 fully saturated rings. The number of hydrogen-bond donors (Lipinski definition) is 3. The molecule has 148 valence electrons. The number of unbranched alkanes of at least 4 members (excludes halogenated alkanes) is 6. The van der Waals surface area contributed by atoms with E-state index in [0.717, 1.165) is 44.9 Å². The van der Waals surface area contributed by atoms with Crippen molar-refractivity contribution >= 4 is 5.97 Å². The molecule has 0 aromatic heterocycles. The molecule has 1 aliphatic heterocycles. The van der Waals surface area contributed by atoms with Crippen molar-refractivity contribution in [2.45, 2.75) is 95.9 Å². The van der Waals surface area contributed by atoms with Crippen molar-refractivity contribution in [3.63, 3.8) is 0 Å². The molecule has 3 N–H and O–H groups in total. The van der Waals surface area contributed by atoms with Crippen LogP contribution in [0.2, 0.25) is 0 Å². The third-order valence-electron chi connectivity index (χ3n) is 4.29. The summed E-state index contributed by atoms with van der Waals surface area (Å²) >= 11 is 0. The normalized spacial score (nSPS) is 30.1. The van der Waals surface area contributed by atoms with E-state index in [0.29, 0.717) is 13.3 Å². The van der Waals surface area contributed by atoms with Gasteiger partial charge in [-0.25, -0.2) is 0 Å². The second-order valence-corrected chi connectivity index (χ2v) is 6.38. The first-order chi connectivity index (χ1) is 12.5. The van der Waals surface area contributed by atoms with Gasteiger partial charge in [0.15, 0.2) is 6.29 Å². The van der Waals surface area contributed by atoms with Gasteiger partial charge in [-0.05, 0) is 13.3 Å². The van der Waals surface area contributed by atoms with E-state index in [2.05, 4.69) is 0 Å². The van der Waals surface area contributed by atoms with Crippen molar-refractivity contribution in [1.82, 2.24) is 0 Å². The van der Waals surface area contributed by atoms with Gasteiger partial charge in [0.2, 0.25) is 0 Å². The number of esters is 1. The van der Waals surface area contributed by atoms with E-state index in [1.807, 2.05) is 0 Å². The Morgan fingerprint density at radius 1 is 1.04 bits per heavy atom. The number of carbonyl (C=O) groups excluding carboxylic acids is 1. The summed E-state index contributed by atoms with van der Waals surface area (Å²) < 4.78 is 22.8. The predicted octanol–water partition coefficient (Wildman–Crippen LogP) is 1.51. The molecule has 1 aliphatic rings. The fourth-order valence-corrected chi connectivity index (χ4v) is 2.76. The van der Waals surface area contributed by atoms with E-state index < -0.39 is 30.7 Å². The minimum Gasteiger partial charge on any atom is -0.463 e. The first kappa shape index (κ1) is 20.6. The molecule has 7 nitrogen and oxygen atoms in total. The highest BCUT2D eigenvalue weighted by molar-refractivity contribution is 5.69. The van der Waals surface area contributed by atoms with E-state index in [-0.39, 0.29) is 19.2 Å². The van der Waals surface area contributed by atoms with E-state index in [4.69, 9.17) is 15.6 Å². The molecule has 1 unspecified atom stereocenters. The quantitative estimate of drug-likeness (QED) is 0.356. The van der Waals surface area contributed by atoms with E-state index in [1.54, 1.807) is 6.92 Å². The standard InChI is InChI=1S/C18H34O7/c1-3-5-6-7-8-9-10-11-14(19)24-12-13-15(20)16(21)17(22)18(25-13)23-4-2/h13,15-18,20-22H,3-12H2,1-2H3/t13-,15-,16+,17-,18?/m1/s1/i1D. The number of carbonyl (C=O) groups is 1. The Morgan fingerprint density at radius 2 is 1.72 bits per heavy atom. The van der Waals surface area contributed by atoms with E-state index >= 15 is 0 Å². The molecule has 0 spiro atoms. The van der Waals surface area contributed by atoms with Crippen molar-refractivity contribution in [2.75, 3.05) is 13.2 Å². The molecule has 0 bridgehead atoms. The topological polar surface area (TPSA) is 105 Å². The average Bonchev–Trinajstić information content (AvgIpc) is 2.63. The zero-order chi connectivity index (χ0) is 19.4. The lowest BCUT2D eigenvalue weighted by Gasteiger charge is -2.39. The Kier molecular flexibility index (Phi) is 10.4. The highest BCUT2D eigenvalue weighted by Gasteiger charge is 2.44. The van der Waals surface area contributed by atoms with Crippen LogP contribution in [-0.2, 0) is 19.0 Å². The number of hydrogen-bond acceptors (Lipinski definition) is 7. The Balaban J connectivity index is 2.18. The molecule has 1 rings (SSSR count). The Morgan fingerprint density at radius 3 is 2.40 bits per heavy atom. The maximum Gasteiger partial charge on any atom is 0.305 e. The highest BCUT2D eigenvalue weighted by Crippen LogP contribution is 2.22. The van der Waals surface area contributed by atoms with Crippen molar-refractivity contribution in [1.29, 1.82) is 0 Å². The lowest BCUT2D eigenvalue weighted by Crippen LogP contribution is -2.59. The number of rotatable bonds is 12. The molecule has 1 heterocycles. The maximum absolute atomic E-state index is 11.8. The molecule has 7 heteroatoms. The lowest BCUT2D eigenvalue weighted by molar-refractivity contribution is -0.300. The molecular weight excluding hydrogens is 328 g/mol. The van der Waals surface area contributed by atoms with Crippen LogP contribution in [0.25, 0.3) is 0 Å². The maximum atomic E-state index is 11.8.